The van der Waals surface area contributed by atoms with Gasteiger partial charge in [-0.05, 0) is 44.0 Å². The number of piperidine rings is 1. The molecule has 2 saturated heterocycles. The van der Waals surface area contributed by atoms with Crippen molar-refractivity contribution in [1.29, 1.82) is 0 Å². The summed E-state index contributed by atoms with van der Waals surface area (Å²) < 4.78 is 31.9. The Bertz CT molecular complexity index is 745. The fourth-order valence-electron chi connectivity index (χ4n) is 3.80. The van der Waals surface area contributed by atoms with Crippen molar-refractivity contribution in [3.63, 3.8) is 0 Å². The molecule has 1 aromatic rings. The lowest BCUT2D eigenvalue weighted by molar-refractivity contribution is -0.922. The lowest BCUT2D eigenvalue weighted by Gasteiger charge is -2.31. The highest BCUT2D eigenvalue weighted by molar-refractivity contribution is 7.89. The quantitative estimate of drug-likeness (QED) is 0.753. The Balaban J connectivity index is 1.62. The summed E-state index contributed by atoms with van der Waals surface area (Å²) in [6.07, 6.45) is 2.39. The van der Waals surface area contributed by atoms with Crippen molar-refractivity contribution in [2.75, 3.05) is 44.7 Å². The van der Waals surface area contributed by atoms with Crippen LogP contribution in [0.2, 0.25) is 0 Å². The minimum absolute atomic E-state index is 0.0251. The maximum Gasteiger partial charge on any atom is 0.282 e. The highest BCUT2D eigenvalue weighted by atomic mass is 32.2. The summed E-state index contributed by atoms with van der Waals surface area (Å²) in [6, 6.07) is 6.31. The smallest absolute Gasteiger partial charge is 0.282 e. The van der Waals surface area contributed by atoms with Crippen molar-refractivity contribution in [3.05, 3.63) is 24.3 Å². The molecule has 27 heavy (non-hydrogen) atoms. The van der Waals surface area contributed by atoms with Gasteiger partial charge in [0.05, 0.1) is 31.2 Å². The van der Waals surface area contributed by atoms with Crippen LogP contribution in [0.5, 0.6) is 0 Å². The van der Waals surface area contributed by atoms with Crippen molar-refractivity contribution in [1.82, 2.24) is 4.31 Å². The SMILES string of the molecule is C[C@H]1CCC[NH+]([C@@H](C)C(=O)Nc2ccc(S(=O)(=O)N3CCOCC3)cc2)C1. The van der Waals surface area contributed by atoms with E-state index in [0.717, 1.165) is 19.5 Å². The lowest BCUT2D eigenvalue weighted by atomic mass is 9.99. The van der Waals surface area contributed by atoms with Gasteiger partial charge in [-0.15, -0.1) is 0 Å². The molecule has 0 aromatic heterocycles. The Hall–Kier alpha value is -1.48. The number of morpholine rings is 1. The molecule has 2 N–H and O–H groups in total. The molecule has 1 unspecified atom stereocenters. The van der Waals surface area contributed by atoms with Gasteiger partial charge in [0.1, 0.15) is 0 Å². The minimum atomic E-state index is -3.51. The van der Waals surface area contributed by atoms with E-state index in [0.29, 0.717) is 37.9 Å². The molecule has 2 aliphatic heterocycles. The van der Waals surface area contributed by atoms with E-state index in [4.69, 9.17) is 4.74 Å². The van der Waals surface area contributed by atoms with Crippen LogP contribution in [-0.4, -0.2) is 64.1 Å². The second-order valence-corrected chi connectivity index (χ2v) is 9.55. The van der Waals surface area contributed by atoms with E-state index < -0.39 is 10.0 Å². The Morgan fingerprint density at radius 3 is 2.56 bits per heavy atom. The molecule has 2 fully saturated rings. The first-order chi connectivity index (χ1) is 12.9. The molecule has 0 spiro atoms. The fourth-order valence-corrected chi connectivity index (χ4v) is 5.21. The van der Waals surface area contributed by atoms with Gasteiger partial charge in [0.25, 0.3) is 5.91 Å². The van der Waals surface area contributed by atoms with Crippen LogP contribution in [0, 0.1) is 5.92 Å². The predicted molar refractivity (Wildman–Crippen MR) is 103 cm³/mol. The number of rotatable bonds is 5. The molecule has 0 bridgehead atoms. The zero-order chi connectivity index (χ0) is 19.4. The maximum atomic E-state index is 12.6. The van der Waals surface area contributed by atoms with Crippen LogP contribution >= 0.6 is 0 Å². The summed E-state index contributed by atoms with van der Waals surface area (Å²) in [5.74, 6) is 0.622. The summed E-state index contributed by atoms with van der Waals surface area (Å²) in [5.41, 5.74) is 0.622. The van der Waals surface area contributed by atoms with E-state index in [9.17, 15) is 13.2 Å². The summed E-state index contributed by atoms with van der Waals surface area (Å²) in [4.78, 5) is 14.1. The van der Waals surface area contributed by atoms with Crippen molar-refractivity contribution in [3.8, 4) is 0 Å². The summed E-state index contributed by atoms with van der Waals surface area (Å²) in [7, 11) is -3.51. The molecule has 0 aliphatic carbocycles. The number of carbonyl (C=O) groups is 1. The van der Waals surface area contributed by atoms with E-state index in [1.54, 1.807) is 24.3 Å². The molecule has 0 saturated carbocycles. The fraction of sp³-hybridized carbons (Fsp3) is 0.632. The number of nitrogens with one attached hydrogen (secondary N) is 2. The molecule has 1 amide bonds. The molecule has 2 aliphatic rings. The third-order valence-corrected chi connectivity index (χ3v) is 7.45. The van der Waals surface area contributed by atoms with Gasteiger partial charge < -0.3 is 15.0 Å². The number of amides is 1. The highest BCUT2D eigenvalue weighted by Crippen LogP contribution is 2.19. The second-order valence-electron chi connectivity index (χ2n) is 7.61. The minimum Gasteiger partial charge on any atom is -0.379 e. The normalized spacial score (nSPS) is 25.7. The topological polar surface area (TPSA) is 80.2 Å². The number of ether oxygens (including phenoxy) is 1. The lowest BCUT2D eigenvalue weighted by Crippen LogP contribution is -3.17. The number of carbonyl (C=O) groups excluding carboxylic acids is 1. The van der Waals surface area contributed by atoms with Crippen molar-refractivity contribution >= 4 is 21.6 Å². The van der Waals surface area contributed by atoms with Crippen molar-refractivity contribution in [2.45, 2.75) is 37.6 Å². The third-order valence-electron chi connectivity index (χ3n) is 5.54. The van der Waals surface area contributed by atoms with Gasteiger partial charge in [-0.2, -0.15) is 4.31 Å². The summed E-state index contributed by atoms with van der Waals surface area (Å²) in [5, 5.41) is 2.92. The third kappa shape index (κ3) is 4.87. The number of quaternary nitrogens is 1. The van der Waals surface area contributed by atoms with E-state index in [1.165, 1.54) is 15.6 Å². The van der Waals surface area contributed by atoms with Gasteiger partial charge >= 0.3 is 0 Å². The Labute approximate surface area is 161 Å². The first-order valence-electron chi connectivity index (χ1n) is 9.71. The van der Waals surface area contributed by atoms with Gasteiger partial charge in [0.15, 0.2) is 6.04 Å². The van der Waals surface area contributed by atoms with E-state index in [-0.39, 0.29) is 16.8 Å². The molecule has 3 rings (SSSR count). The second kappa shape index (κ2) is 8.68. The average Bonchev–Trinajstić information content (AvgIpc) is 2.68. The Kier molecular flexibility index (Phi) is 6.52. The molecule has 7 nitrogen and oxygen atoms in total. The number of likely N-dealkylation sites (tertiary alicyclic amines) is 1. The number of anilines is 1. The van der Waals surface area contributed by atoms with Crippen LogP contribution in [0.3, 0.4) is 0 Å². The Morgan fingerprint density at radius 2 is 1.93 bits per heavy atom. The van der Waals surface area contributed by atoms with Crippen LogP contribution in [-0.2, 0) is 19.6 Å². The van der Waals surface area contributed by atoms with Crippen molar-refractivity contribution in [2.24, 2.45) is 5.92 Å². The standard InChI is InChI=1S/C19H29N3O4S/c1-15-4-3-9-21(14-15)16(2)19(23)20-17-5-7-18(8-6-17)27(24,25)22-10-12-26-13-11-22/h5-8,15-16H,3-4,9-14H2,1-2H3,(H,20,23)/p+1/t15-,16-/m0/s1. The molecule has 2 heterocycles. The van der Waals surface area contributed by atoms with E-state index in [2.05, 4.69) is 12.2 Å². The summed E-state index contributed by atoms with van der Waals surface area (Å²) in [6.45, 7) is 7.81. The van der Waals surface area contributed by atoms with Crippen LogP contribution in [0.15, 0.2) is 29.2 Å². The van der Waals surface area contributed by atoms with Gasteiger partial charge in [-0.1, -0.05) is 6.92 Å². The number of hydrogen-bond donors (Lipinski definition) is 2. The van der Waals surface area contributed by atoms with Crippen LogP contribution in [0.4, 0.5) is 5.69 Å². The molecule has 3 atom stereocenters. The van der Waals surface area contributed by atoms with Crippen LogP contribution < -0.4 is 10.2 Å². The van der Waals surface area contributed by atoms with Gasteiger partial charge in [0.2, 0.25) is 10.0 Å². The predicted octanol–water partition coefficient (Wildman–Crippen LogP) is 0.349. The zero-order valence-corrected chi connectivity index (χ0v) is 16.9. The summed E-state index contributed by atoms with van der Waals surface area (Å²) >= 11 is 0. The van der Waals surface area contributed by atoms with Crippen LogP contribution in [0.1, 0.15) is 26.7 Å². The number of hydrogen-bond acceptors (Lipinski definition) is 4. The molecular formula is C19H30N3O4S+. The largest absolute Gasteiger partial charge is 0.379 e. The molecule has 8 heteroatoms. The average molecular weight is 397 g/mol. The van der Waals surface area contributed by atoms with E-state index in [1.807, 2.05) is 6.92 Å². The molecule has 1 aromatic carbocycles. The van der Waals surface area contributed by atoms with Crippen LogP contribution in [0.25, 0.3) is 0 Å². The molecule has 0 radical (unpaired) electrons. The first kappa shape index (κ1) is 20.3. The zero-order valence-electron chi connectivity index (χ0n) is 16.1. The number of nitrogens with zero attached hydrogens (tertiary/aromatic N) is 1. The van der Waals surface area contributed by atoms with E-state index >= 15 is 0 Å². The van der Waals surface area contributed by atoms with Gasteiger partial charge in [0, 0.05) is 24.7 Å². The molecular weight excluding hydrogens is 366 g/mol. The first-order valence-corrected chi connectivity index (χ1v) is 11.2. The number of benzene rings is 1. The van der Waals surface area contributed by atoms with Gasteiger partial charge in [-0.3, -0.25) is 4.79 Å². The maximum absolute atomic E-state index is 12.6. The number of sulfonamides is 1. The highest BCUT2D eigenvalue weighted by Gasteiger charge is 2.30. The van der Waals surface area contributed by atoms with Crippen molar-refractivity contribution < 1.29 is 22.8 Å². The Morgan fingerprint density at radius 1 is 1.26 bits per heavy atom. The van der Waals surface area contributed by atoms with Gasteiger partial charge in [-0.25, -0.2) is 8.42 Å². The monoisotopic (exact) mass is 396 g/mol. The molecule has 150 valence electrons.